The summed E-state index contributed by atoms with van der Waals surface area (Å²) in [7, 11) is 0. The monoisotopic (exact) mass is 373 g/mol. The van der Waals surface area contributed by atoms with E-state index in [4.69, 9.17) is 4.74 Å². The van der Waals surface area contributed by atoms with E-state index < -0.39 is 17.7 Å². The van der Waals surface area contributed by atoms with Crippen molar-refractivity contribution in [2.45, 2.75) is 77.5 Å². The molecule has 0 aromatic heterocycles. The summed E-state index contributed by atoms with van der Waals surface area (Å²) in [4.78, 5) is 27.4. The molecule has 148 valence electrons. The summed E-state index contributed by atoms with van der Waals surface area (Å²) < 4.78 is 5.36. The number of amides is 2. The van der Waals surface area contributed by atoms with Gasteiger partial charge in [0, 0.05) is 12.6 Å². The highest BCUT2D eigenvalue weighted by Crippen LogP contribution is 2.35. The van der Waals surface area contributed by atoms with E-state index in [-0.39, 0.29) is 5.91 Å². The van der Waals surface area contributed by atoms with Gasteiger partial charge in [0.2, 0.25) is 5.91 Å². The summed E-state index contributed by atoms with van der Waals surface area (Å²) in [5.41, 5.74) is 2.35. The molecule has 27 heavy (non-hydrogen) atoms. The molecule has 0 bridgehead atoms. The molecule has 6 nitrogen and oxygen atoms in total. The zero-order valence-electron chi connectivity index (χ0n) is 16.8. The van der Waals surface area contributed by atoms with E-state index in [2.05, 4.69) is 27.7 Å². The van der Waals surface area contributed by atoms with Gasteiger partial charge in [0.05, 0.1) is 11.4 Å². The van der Waals surface area contributed by atoms with Crippen LogP contribution < -0.4 is 15.5 Å². The van der Waals surface area contributed by atoms with Gasteiger partial charge in [0.25, 0.3) is 0 Å². The first-order valence-corrected chi connectivity index (χ1v) is 9.90. The zero-order chi connectivity index (χ0) is 19.6. The molecule has 2 amide bonds. The van der Waals surface area contributed by atoms with Crippen LogP contribution in [0.25, 0.3) is 0 Å². The summed E-state index contributed by atoms with van der Waals surface area (Å²) >= 11 is 0. The van der Waals surface area contributed by atoms with Crippen LogP contribution in [0.2, 0.25) is 0 Å². The van der Waals surface area contributed by atoms with Crippen molar-refractivity contribution in [3.05, 3.63) is 23.8 Å². The number of anilines is 2. The van der Waals surface area contributed by atoms with Crippen molar-refractivity contribution >= 4 is 23.4 Å². The second-order valence-electron chi connectivity index (χ2n) is 8.65. The third-order valence-electron chi connectivity index (χ3n) is 5.12. The quantitative estimate of drug-likeness (QED) is 0.823. The fraction of sp³-hybridized carbons (Fsp3) is 0.619. The minimum absolute atomic E-state index is 0.203. The number of hydrogen-bond acceptors (Lipinski definition) is 4. The van der Waals surface area contributed by atoms with Crippen LogP contribution in [0.1, 0.15) is 58.4 Å². The summed E-state index contributed by atoms with van der Waals surface area (Å²) in [6.07, 6.45) is 5.33. The Morgan fingerprint density at radius 2 is 1.93 bits per heavy atom. The normalized spacial score (nSPS) is 21.1. The summed E-state index contributed by atoms with van der Waals surface area (Å²) in [6, 6.07) is 5.88. The first-order chi connectivity index (χ1) is 12.7. The van der Waals surface area contributed by atoms with Gasteiger partial charge in [-0.3, -0.25) is 4.79 Å². The van der Waals surface area contributed by atoms with Gasteiger partial charge in [-0.05, 0) is 58.2 Å². The zero-order valence-corrected chi connectivity index (χ0v) is 16.8. The van der Waals surface area contributed by atoms with Crippen LogP contribution >= 0.6 is 0 Å². The predicted octanol–water partition coefficient (Wildman–Crippen LogP) is 3.98. The minimum Gasteiger partial charge on any atom is -0.444 e. The Morgan fingerprint density at radius 3 is 2.59 bits per heavy atom. The van der Waals surface area contributed by atoms with E-state index in [9.17, 15) is 9.59 Å². The van der Waals surface area contributed by atoms with Crippen LogP contribution in [0.5, 0.6) is 0 Å². The van der Waals surface area contributed by atoms with Crippen LogP contribution in [0.4, 0.5) is 16.2 Å². The molecule has 0 saturated heterocycles. The van der Waals surface area contributed by atoms with Gasteiger partial charge in [-0.15, -0.1) is 0 Å². The highest BCUT2D eigenvalue weighted by molar-refractivity contribution is 6.01. The molecule has 1 aromatic carbocycles. The van der Waals surface area contributed by atoms with E-state index in [1.165, 1.54) is 19.3 Å². The number of aryl methyl sites for hydroxylation is 1. The average Bonchev–Trinajstić information content (AvgIpc) is 2.70. The fourth-order valence-corrected chi connectivity index (χ4v) is 3.90. The summed E-state index contributed by atoms with van der Waals surface area (Å²) in [6.45, 7) is 7.90. The van der Waals surface area contributed by atoms with Gasteiger partial charge >= 0.3 is 6.09 Å². The molecular formula is C21H31N3O3. The van der Waals surface area contributed by atoms with E-state index in [0.717, 1.165) is 29.8 Å². The third kappa shape index (κ3) is 4.93. The maximum absolute atomic E-state index is 12.8. The smallest absolute Gasteiger partial charge is 0.408 e. The molecule has 2 aliphatic rings. The van der Waals surface area contributed by atoms with Crippen LogP contribution in [0.15, 0.2) is 18.2 Å². The number of ether oxygens (including phenoxy) is 1. The van der Waals surface area contributed by atoms with Gasteiger partial charge in [-0.2, -0.15) is 0 Å². The molecule has 2 N–H and O–H groups in total. The Balaban J connectivity index is 1.86. The lowest BCUT2D eigenvalue weighted by atomic mass is 9.93. The van der Waals surface area contributed by atoms with Gasteiger partial charge in [-0.25, -0.2) is 4.79 Å². The molecule has 1 aromatic rings. The highest BCUT2D eigenvalue weighted by Gasteiger charge is 2.34. The van der Waals surface area contributed by atoms with Crippen molar-refractivity contribution in [2.24, 2.45) is 0 Å². The number of nitrogens with zero attached hydrogens (tertiary/aromatic N) is 1. The van der Waals surface area contributed by atoms with Gasteiger partial charge < -0.3 is 20.3 Å². The number of fused-ring (bicyclic) bond motifs is 1. The number of carbonyl (C=O) groups excluding carboxylic acids is 2. The number of hydrogen-bond donors (Lipinski definition) is 2. The summed E-state index contributed by atoms with van der Waals surface area (Å²) in [5.74, 6) is -0.203. The van der Waals surface area contributed by atoms with Crippen molar-refractivity contribution in [3.8, 4) is 0 Å². The van der Waals surface area contributed by atoms with E-state index >= 15 is 0 Å². The molecule has 6 heteroatoms. The number of nitrogens with one attached hydrogen (secondary N) is 2. The lowest BCUT2D eigenvalue weighted by Crippen LogP contribution is -2.52. The Labute approximate surface area is 161 Å². The third-order valence-corrected chi connectivity index (χ3v) is 5.12. The molecule has 3 rings (SSSR count). The summed E-state index contributed by atoms with van der Waals surface area (Å²) in [5, 5.41) is 5.77. The van der Waals surface area contributed by atoms with Crippen molar-refractivity contribution in [1.82, 2.24) is 5.32 Å². The van der Waals surface area contributed by atoms with Gasteiger partial charge in [0.15, 0.2) is 0 Å². The molecule has 0 spiro atoms. The number of rotatable bonds is 2. The van der Waals surface area contributed by atoms with Gasteiger partial charge in [-0.1, -0.05) is 25.3 Å². The largest absolute Gasteiger partial charge is 0.444 e. The molecule has 1 atom stereocenters. The SMILES string of the molecule is Cc1ccc2c(c1)NC(=O)C(NC(=O)OC(C)(C)C)CN2C1CCCCC1. The second-order valence-corrected chi connectivity index (χ2v) is 8.65. The molecule has 1 fully saturated rings. The lowest BCUT2D eigenvalue weighted by molar-refractivity contribution is -0.117. The minimum atomic E-state index is -0.658. The first kappa shape index (κ1) is 19.5. The fourth-order valence-electron chi connectivity index (χ4n) is 3.90. The number of alkyl carbamates (subject to hydrolysis) is 1. The second kappa shape index (κ2) is 7.79. The van der Waals surface area contributed by atoms with Crippen LogP contribution in [-0.4, -0.2) is 36.2 Å². The number of carbonyl (C=O) groups is 2. The average molecular weight is 373 g/mol. The van der Waals surface area contributed by atoms with Crippen molar-refractivity contribution in [3.63, 3.8) is 0 Å². The van der Waals surface area contributed by atoms with Crippen molar-refractivity contribution in [2.75, 3.05) is 16.8 Å². The predicted molar refractivity (Wildman–Crippen MR) is 107 cm³/mol. The maximum atomic E-state index is 12.8. The maximum Gasteiger partial charge on any atom is 0.408 e. The van der Waals surface area contributed by atoms with Crippen molar-refractivity contribution < 1.29 is 14.3 Å². The lowest BCUT2D eigenvalue weighted by Gasteiger charge is -2.37. The first-order valence-electron chi connectivity index (χ1n) is 9.90. The van der Waals surface area contributed by atoms with E-state index in [0.29, 0.717) is 12.6 Å². The van der Waals surface area contributed by atoms with E-state index in [1.54, 1.807) is 0 Å². The Kier molecular flexibility index (Phi) is 5.63. The van der Waals surface area contributed by atoms with Crippen molar-refractivity contribution in [1.29, 1.82) is 0 Å². The molecule has 1 saturated carbocycles. The molecule has 0 radical (unpaired) electrons. The topological polar surface area (TPSA) is 70.7 Å². The Hall–Kier alpha value is -2.24. The molecule has 1 unspecified atom stereocenters. The van der Waals surface area contributed by atoms with Crippen LogP contribution in [0.3, 0.4) is 0 Å². The van der Waals surface area contributed by atoms with E-state index in [1.807, 2.05) is 33.8 Å². The molecule has 1 aliphatic carbocycles. The molecule has 1 heterocycles. The number of benzene rings is 1. The Bertz CT molecular complexity index is 705. The van der Waals surface area contributed by atoms with Crippen LogP contribution in [0, 0.1) is 6.92 Å². The highest BCUT2D eigenvalue weighted by atomic mass is 16.6. The van der Waals surface area contributed by atoms with Crippen LogP contribution in [-0.2, 0) is 9.53 Å². The molecule has 1 aliphatic heterocycles. The standard InChI is InChI=1S/C21H31N3O3/c1-14-10-11-18-16(12-14)22-19(25)17(23-20(26)27-21(2,3)4)13-24(18)15-8-6-5-7-9-15/h10-12,15,17H,5-9,13H2,1-4H3,(H,22,25)(H,23,26). The van der Waals surface area contributed by atoms with Gasteiger partial charge in [0.1, 0.15) is 11.6 Å². The Morgan fingerprint density at radius 1 is 1.22 bits per heavy atom. The molecular weight excluding hydrogens is 342 g/mol.